The van der Waals surface area contributed by atoms with Crippen LogP contribution in [0.15, 0.2) is 24.3 Å². The molecule has 1 aliphatic rings. The third-order valence-corrected chi connectivity index (χ3v) is 3.79. The lowest BCUT2D eigenvalue weighted by molar-refractivity contribution is 0.277. The van der Waals surface area contributed by atoms with Crippen LogP contribution in [-0.4, -0.2) is 5.88 Å². The van der Waals surface area contributed by atoms with Crippen LogP contribution < -0.4 is 0 Å². The van der Waals surface area contributed by atoms with E-state index in [0.717, 1.165) is 10.9 Å². The van der Waals surface area contributed by atoms with Gasteiger partial charge in [0.05, 0.1) is 0 Å². The first-order chi connectivity index (χ1) is 6.27. The lowest BCUT2D eigenvalue weighted by Crippen LogP contribution is -2.35. The van der Waals surface area contributed by atoms with Crippen molar-refractivity contribution < 1.29 is 0 Å². The van der Waals surface area contributed by atoms with Gasteiger partial charge in [-0.3, -0.25) is 0 Å². The van der Waals surface area contributed by atoms with Gasteiger partial charge in [0.15, 0.2) is 0 Å². The minimum atomic E-state index is 0.256. The Labute approximate surface area is 88.9 Å². The highest BCUT2D eigenvalue weighted by Crippen LogP contribution is 2.44. The van der Waals surface area contributed by atoms with E-state index >= 15 is 0 Å². The van der Waals surface area contributed by atoms with E-state index in [2.05, 4.69) is 12.1 Å². The predicted molar refractivity (Wildman–Crippen MR) is 57.7 cm³/mol. The molecule has 0 atom stereocenters. The fraction of sp³-hybridized carbons (Fsp3) is 0.455. The van der Waals surface area contributed by atoms with Gasteiger partial charge in [0, 0.05) is 16.3 Å². The molecule has 1 aromatic carbocycles. The zero-order valence-corrected chi connectivity index (χ0v) is 8.91. The summed E-state index contributed by atoms with van der Waals surface area (Å²) in [7, 11) is 0. The van der Waals surface area contributed by atoms with E-state index in [4.69, 9.17) is 23.2 Å². The molecule has 0 bridgehead atoms. The van der Waals surface area contributed by atoms with Crippen molar-refractivity contribution >= 4 is 23.2 Å². The Balaban J connectivity index is 2.28. The van der Waals surface area contributed by atoms with E-state index in [9.17, 15) is 0 Å². The molecule has 2 rings (SSSR count). The fourth-order valence-electron chi connectivity index (χ4n) is 1.91. The highest BCUT2D eigenvalue weighted by Gasteiger charge is 2.37. The number of alkyl halides is 1. The molecular weight excluding hydrogens is 203 g/mol. The van der Waals surface area contributed by atoms with Gasteiger partial charge in [0.2, 0.25) is 0 Å². The van der Waals surface area contributed by atoms with Gasteiger partial charge < -0.3 is 0 Å². The maximum atomic E-state index is 6.00. The van der Waals surface area contributed by atoms with E-state index in [1.54, 1.807) is 0 Å². The van der Waals surface area contributed by atoms with E-state index in [0.29, 0.717) is 0 Å². The second-order valence-corrected chi connectivity index (χ2v) is 4.48. The standard InChI is InChI=1S/C11H12Cl2/c12-8-11(6-1-7-11)9-2-4-10(13)5-3-9/h2-5H,1,6-8H2. The molecule has 0 unspecified atom stereocenters. The molecule has 0 heterocycles. The maximum Gasteiger partial charge on any atom is 0.0406 e. The van der Waals surface area contributed by atoms with Crippen molar-refractivity contribution in [2.75, 3.05) is 5.88 Å². The SMILES string of the molecule is ClCC1(c2ccc(Cl)cc2)CCC1. The first kappa shape index (κ1) is 9.36. The average molecular weight is 215 g/mol. The van der Waals surface area contributed by atoms with Crippen LogP contribution >= 0.6 is 23.2 Å². The summed E-state index contributed by atoms with van der Waals surface area (Å²) in [5, 5.41) is 0.799. The van der Waals surface area contributed by atoms with Crippen molar-refractivity contribution in [1.29, 1.82) is 0 Å². The van der Waals surface area contributed by atoms with Gasteiger partial charge >= 0.3 is 0 Å². The maximum absolute atomic E-state index is 6.00. The molecule has 70 valence electrons. The van der Waals surface area contributed by atoms with Gasteiger partial charge in [-0.2, -0.15) is 0 Å². The number of hydrogen-bond donors (Lipinski definition) is 0. The van der Waals surface area contributed by atoms with E-state index in [1.807, 2.05) is 12.1 Å². The highest BCUT2D eigenvalue weighted by atomic mass is 35.5. The summed E-state index contributed by atoms with van der Waals surface area (Å²) >= 11 is 11.8. The van der Waals surface area contributed by atoms with Crippen molar-refractivity contribution in [3.63, 3.8) is 0 Å². The third-order valence-electron chi connectivity index (χ3n) is 3.02. The van der Waals surface area contributed by atoms with Crippen molar-refractivity contribution in [2.45, 2.75) is 24.7 Å². The number of benzene rings is 1. The molecule has 1 aromatic rings. The van der Waals surface area contributed by atoms with Gasteiger partial charge in [-0.15, -0.1) is 11.6 Å². The van der Waals surface area contributed by atoms with Gasteiger partial charge in [0.1, 0.15) is 0 Å². The summed E-state index contributed by atoms with van der Waals surface area (Å²) in [4.78, 5) is 0. The second kappa shape index (κ2) is 3.51. The van der Waals surface area contributed by atoms with E-state index < -0.39 is 0 Å². The highest BCUT2D eigenvalue weighted by molar-refractivity contribution is 6.30. The Morgan fingerprint density at radius 1 is 1.15 bits per heavy atom. The zero-order valence-electron chi connectivity index (χ0n) is 7.39. The fourth-order valence-corrected chi connectivity index (χ4v) is 2.45. The summed E-state index contributed by atoms with van der Waals surface area (Å²) in [6.07, 6.45) is 3.74. The molecule has 1 fully saturated rings. The molecule has 0 aliphatic heterocycles. The Morgan fingerprint density at radius 2 is 1.77 bits per heavy atom. The summed E-state index contributed by atoms with van der Waals surface area (Å²) in [5.74, 6) is 0.731. The smallest absolute Gasteiger partial charge is 0.0406 e. The van der Waals surface area contributed by atoms with Crippen LogP contribution in [-0.2, 0) is 5.41 Å². The molecular formula is C11H12Cl2. The second-order valence-electron chi connectivity index (χ2n) is 3.77. The van der Waals surface area contributed by atoms with Crippen LogP contribution in [0.1, 0.15) is 24.8 Å². The molecule has 0 N–H and O–H groups in total. The van der Waals surface area contributed by atoms with Crippen molar-refractivity contribution in [1.82, 2.24) is 0 Å². The molecule has 13 heavy (non-hydrogen) atoms. The molecule has 0 radical (unpaired) electrons. The van der Waals surface area contributed by atoms with E-state index in [1.165, 1.54) is 24.8 Å². The van der Waals surface area contributed by atoms with E-state index in [-0.39, 0.29) is 5.41 Å². The lowest BCUT2D eigenvalue weighted by Gasteiger charge is -2.40. The van der Waals surface area contributed by atoms with Gasteiger partial charge in [-0.1, -0.05) is 30.2 Å². The first-order valence-electron chi connectivity index (χ1n) is 4.59. The van der Waals surface area contributed by atoms with Crippen LogP contribution in [0, 0.1) is 0 Å². The molecule has 2 heteroatoms. The minimum absolute atomic E-state index is 0.256. The zero-order chi connectivity index (χ0) is 9.31. The van der Waals surface area contributed by atoms with Gasteiger partial charge in [0.25, 0.3) is 0 Å². The summed E-state index contributed by atoms with van der Waals surface area (Å²) in [6.45, 7) is 0. The van der Waals surface area contributed by atoms with Crippen molar-refractivity contribution in [3.8, 4) is 0 Å². The van der Waals surface area contributed by atoms with Crippen LogP contribution in [0.3, 0.4) is 0 Å². The Hall–Kier alpha value is -0.200. The number of halogens is 2. The largest absolute Gasteiger partial charge is 0.126 e. The van der Waals surface area contributed by atoms with Crippen LogP contribution in [0.2, 0.25) is 5.02 Å². The number of hydrogen-bond acceptors (Lipinski definition) is 0. The summed E-state index contributed by atoms with van der Waals surface area (Å²) in [5.41, 5.74) is 1.60. The molecule has 0 aromatic heterocycles. The predicted octanol–water partition coefficient (Wildman–Crippen LogP) is 4.00. The van der Waals surface area contributed by atoms with Gasteiger partial charge in [-0.05, 0) is 30.5 Å². The molecule has 1 aliphatic carbocycles. The monoisotopic (exact) mass is 214 g/mol. The molecule has 0 nitrogen and oxygen atoms in total. The van der Waals surface area contributed by atoms with Crippen molar-refractivity contribution in [2.24, 2.45) is 0 Å². The summed E-state index contributed by atoms with van der Waals surface area (Å²) < 4.78 is 0. The molecule has 1 saturated carbocycles. The quantitative estimate of drug-likeness (QED) is 0.654. The molecule has 0 spiro atoms. The Morgan fingerprint density at radius 3 is 2.15 bits per heavy atom. The van der Waals surface area contributed by atoms with Gasteiger partial charge in [-0.25, -0.2) is 0 Å². The molecule has 0 saturated heterocycles. The minimum Gasteiger partial charge on any atom is -0.126 e. The first-order valence-corrected chi connectivity index (χ1v) is 5.50. The number of rotatable bonds is 2. The topological polar surface area (TPSA) is 0 Å². The lowest BCUT2D eigenvalue weighted by atomic mass is 9.66. The third kappa shape index (κ3) is 1.58. The van der Waals surface area contributed by atoms with Crippen LogP contribution in [0.25, 0.3) is 0 Å². The summed E-state index contributed by atoms with van der Waals surface area (Å²) in [6, 6.07) is 8.10. The van der Waals surface area contributed by atoms with Crippen molar-refractivity contribution in [3.05, 3.63) is 34.9 Å². The normalized spacial score (nSPS) is 19.5. The average Bonchev–Trinajstić information content (AvgIpc) is 2.07. The molecule has 0 amide bonds. The Kier molecular flexibility index (Phi) is 2.53. The Bertz CT molecular complexity index is 280. The van der Waals surface area contributed by atoms with Crippen LogP contribution in [0.5, 0.6) is 0 Å². The van der Waals surface area contributed by atoms with Crippen LogP contribution in [0.4, 0.5) is 0 Å².